The fraction of sp³-hybridized carbons (Fsp3) is 0.562. The number of ether oxygens (including phenoxy) is 1. The topological polar surface area (TPSA) is 41.6 Å². The fourth-order valence-corrected chi connectivity index (χ4v) is 2.37. The monoisotopic (exact) mass is 276 g/mol. The summed E-state index contributed by atoms with van der Waals surface area (Å²) in [5, 5.41) is 3.06. The first-order valence-corrected chi connectivity index (χ1v) is 7.37. The Labute approximate surface area is 121 Å². The Bertz CT molecular complexity index is 425. The molecule has 0 aliphatic carbocycles. The molecule has 1 N–H and O–H groups in total. The molecule has 1 aliphatic rings. The van der Waals surface area contributed by atoms with Gasteiger partial charge in [-0.15, -0.1) is 0 Å². The smallest absolute Gasteiger partial charge is 0.234 e. The Hall–Kier alpha value is -1.39. The van der Waals surface area contributed by atoms with E-state index < -0.39 is 0 Å². The highest BCUT2D eigenvalue weighted by atomic mass is 16.5. The number of amides is 1. The summed E-state index contributed by atoms with van der Waals surface area (Å²) in [5.74, 6) is 0.0824. The van der Waals surface area contributed by atoms with Crippen LogP contribution < -0.4 is 5.32 Å². The first-order chi connectivity index (χ1) is 9.69. The maximum Gasteiger partial charge on any atom is 0.234 e. The SMILES string of the molecule is CCc1ccc([C@H](C)NC(=O)CN2CCOCC2)cc1. The van der Waals surface area contributed by atoms with E-state index in [9.17, 15) is 4.79 Å². The van der Waals surface area contributed by atoms with Gasteiger partial charge in [-0.3, -0.25) is 9.69 Å². The normalized spacial score (nSPS) is 17.7. The van der Waals surface area contributed by atoms with Crippen LogP contribution in [0.4, 0.5) is 0 Å². The lowest BCUT2D eigenvalue weighted by Gasteiger charge is -2.26. The third-order valence-corrected chi connectivity index (χ3v) is 3.74. The van der Waals surface area contributed by atoms with Crippen molar-refractivity contribution in [3.05, 3.63) is 35.4 Å². The average Bonchev–Trinajstić information content (AvgIpc) is 2.48. The van der Waals surface area contributed by atoms with Gasteiger partial charge >= 0.3 is 0 Å². The van der Waals surface area contributed by atoms with Gasteiger partial charge < -0.3 is 10.1 Å². The van der Waals surface area contributed by atoms with E-state index in [2.05, 4.69) is 41.4 Å². The lowest BCUT2D eigenvalue weighted by atomic mass is 10.1. The van der Waals surface area contributed by atoms with Crippen LogP contribution in [0.5, 0.6) is 0 Å². The molecule has 20 heavy (non-hydrogen) atoms. The van der Waals surface area contributed by atoms with Crippen LogP contribution in [0.1, 0.15) is 31.0 Å². The average molecular weight is 276 g/mol. The van der Waals surface area contributed by atoms with Crippen molar-refractivity contribution >= 4 is 5.91 Å². The summed E-state index contributed by atoms with van der Waals surface area (Å²) in [6, 6.07) is 8.49. The van der Waals surface area contributed by atoms with Gasteiger partial charge in [-0.05, 0) is 24.5 Å². The molecular formula is C16H24N2O2. The molecule has 0 spiro atoms. The maximum absolute atomic E-state index is 12.0. The predicted octanol–water partition coefficient (Wildman–Crippen LogP) is 1.76. The van der Waals surface area contributed by atoms with E-state index in [1.54, 1.807) is 0 Å². The van der Waals surface area contributed by atoms with Crippen LogP contribution in [0.3, 0.4) is 0 Å². The summed E-state index contributed by atoms with van der Waals surface area (Å²) in [4.78, 5) is 14.2. The molecule has 110 valence electrons. The molecule has 1 heterocycles. The van der Waals surface area contributed by atoms with Crippen LogP contribution >= 0.6 is 0 Å². The Morgan fingerprint density at radius 2 is 1.95 bits per heavy atom. The lowest BCUT2D eigenvalue weighted by Crippen LogP contribution is -2.43. The van der Waals surface area contributed by atoms with Gasteiger partial charge in [0.25, 0.3) is 0 Å². The summed E-state index contributed by atoms with van der Waals surface area (Å²) in [6.45, 7) is 7.75. The molecule has 0 saturated carbocycles. The number of hydrogen-bond donors (Lipinski definition) is 1. The number of morpholine rings is 1. The van der Waals surface area contributed by atoms with Crippen LogP contribution in [-0.2, 0) is 16.0 Å². The largest absolute Gasteiger partial charge is 0.379 e. The van der Waals surface area contributed by atoms with E-state index in [0.717, 1.165) is 38.3 Å². The molecule has 0 bridgehead atoms. The van der Waals surface area contributed by atoms with Gasteiger partial charge in [-0.2, -0.15) is 0 Å². The van der Waals surface area contributed by atoms with Crippen molar-refractivity contribution < 1.29 is 9.53 Å². The van der Waals surface area contributed by atoms with E-state index in [4.69, 9.17) is 4.74 Å². The van der Waals surface area contributed by atoms with E-state index >= 15 is 0 Å². The number of carbonyl (C=O) groups excluding carboxylic acids is 1. The van der Waals surface area contributed by atoms with Gasteiger partial charge in [0.05, 0.1) is 25.8 Å². The Kier molecular flexibility index (Phi) is 5.56. The van der Waals surface area contributed by atoms with Crippen molar-refractivity contribution in [2.24, 2.45) is 0 Å². The van der Waals surface area contributed by atoms with E-state index in [0.29, 0.717) is 6.54 Å². The highest BCUT2D eigenvalue weighted by molar-refractivity contribution is 5.78. The fourth-order valence-electron chi connectivity index (χ4n) is 2.37. The zero-order chi connectivity index (χ0) is 14.4. The minimum absolute atomic E-state index is 0.0504. The molecule has 1 amide bonds. The first kappa shape index (κ1) is 15.0. The van der Waals surface area contributed by atoms with Crippen molar-refractivity contribution in [3.63, 3.8) is 0 Å². The van der Waals surface area contributed by atoms with Crippen molar-refractivity contribution in [1.29, 1.82) is 0 Å². The molecule has 1 aliphatic heterocycles. The van der Waals surface area contributed by atoms with Gasteiger partial charge in [0, 0.05) is 13.1 Å². The summed E-state index contributed by atoms with van der Waals surface area (Å²) in [6.07, 6.45) is 1.04. The molecule has 1 atom stereocenters. The second kappa shape index (κ2) is 7.41. The second-order valence-electron chi connectivity index (χ2n) is 5.27. The van der Waals surface area contributed by atoms with E-state index in [1.165, 1.54) is 5.56 Å². The van der Waals surface area contributed by atoms with Gasteiger partial charge in [0.15, 0.2) is 0 Å². The summed E-state index contributed by atoms with van der Waals surface area (Å²) in [5.41, 5.74) is 2.47. The predicted molar refractivity (Wildman–Crippen MR) is 79.6 cm³/mol. The van der Waals surface area contributed by atoms with Crippen molar-refractivity contribution in [3.8, 4) is 0 Å². The molecule has 4 nitrogen and oxygen atoms in total. The van der Waals surface area contributed by atoms with E-state index in [-0.39, 0.29) is 11.9 Å². The highest BCUT2D eigenvalue weighted by Gasteiger charge is 2.16. The number of nitrogens with zero attached hydrogens (tertiary/aromatic N) is 1. The molecule has 1 fully saturated rings. The molecule has 4 heteroatoms. The Balaban J connectivity index is 1.82. The van der Waals surface area contributed by atoms with Crippen molar-refractivity contribution in [1.82, 2.24) is 10.2 Å². The number of hydrogen-bond acceptors (Lipinski definition) is 3. The Morgan fingerprint density at radius 3 is 2.55 bits per heavy atom. The molecule has 1 aromatic carbocycles. The molecule has 0 unspecified atom stereocenters. The quantitative estimate of drug-likeness (QED) is 0.891. The number of rotatable bonds is 5. The maximum atomic E-state index is 12.0. The molecule has 0 aromatic heterocycles. The second-order valence-corrected chi connectivity index (χ2v) is 5.27. The van der Waals surface area contributed by atoms with Crippen LogP contribution in [0.25, 0.3) is 0 Å². The molecule has 2 rings (SSSR count). The van der Waals surface area contributed by atoms with Crippen LogP contribution in [-0.4, -0.2) is 43.7 Å². The summed E-state index contributed by atoms with van der Waals surface area (Å²) in [7, 11) is 0. The minimum Gasteiger partial charge on any atom is -0.379 e. The third-order valence-electron chi connectivity index (χ3n) is 3.74. The molecule has 0 radical (unpaired) electrons. The zero-order valence-corrected chi connectivity index (χ0v) is 12.4. The molecule has 1 aromatic rings. The summed E-state index contributed by atoms with van der Waals surface area (Å²) < 4.78 is 5.28. The zero-order valence-electron chi connectivity index (χ0n) is 12.4. The standard InChI is InChI=1S/C16H24N2O2/c1-3-14-4-6-15(7-5-14)13(2)17-16(19)12-18-8-10-20-11-9-18/h4-7,13H,3,8-12H2,1-2H3,(H,17,19)/t13-/m0/s1. The third kappa shape index (κ3) is 4.32. The van der Waals surface area contributed by atoms with Gasteiger partial charge in [-0.1, -0.05) is 31.2 Å². The number of nitrogens with one attached hydrogen (secondary N) is 1. The van der Waals surface area contributed by atoms with Crippen LogP contribution in [0.15, 0.2) is 24.3 Å². The number of benzene rings is 1. The molecule has 1 saturated heterocycles. The number of carbonyl (C=O) groups is 1. The van der Waals surface area contributed by atoms with Gasteiger partial charge in [0.2, 0.25) is 5.91 Å². The van der Waals surface area contributed by atoms with Gasteiger partial charge in [0.1, 0.15) is 0 Å². The molecular weight excluding hydrogens is 252 g/mol. The number of aryl methyl sites for hydroxylation is 1. The first-order valence-electron chi connectivity index (χ1n) is 7.37. The van der Waals surface area contributed by atoms with Crippen molar-refractivity contribution in [2.45, 2.75) is 26.3 Å². The van der Waals surface area contributed by atoms with Crippen LogP contribution in [0, 0.1) is 0 Å². The van der Waals surface area contributed by atoms with Crippen molar-refractivity contribution in [2.75, 3.05) is 32.8 Å². The minimum atomic E-state index is 0.0504. The Morgan fingerprint density at radius 1 is 1.30 bits per heavy atom. The van der Waals surface area contributed by atoms with Crippen LogP contribution in [0.2, 0.25) is 0 Å². The van der Waals surface area contributed by atoms with Gasteiger partial charge in [-0.25, -0.2) is 0 Å². The lowest BCUT2D eigenvalue weighted by molar-refractivity contribution is -0.123. The summed E-state index contributed by atoms with van der Waals surface area (Å²) >= 11 is 0. The highest BCUT2D eigenvalue weighted by Crippen LogP contribution is 2.13. The van der Waals surface area contributed by atoms with E-state index in [1.807, 2.05) is 6.92 Å².